The Morgan fingerprint density at radius 2 is 1.90 bits per heavy atom. The molecule has 116 valence electrons. The molecule has 0 bridgehead atoms. The summed E-state index contributed by atoms with van der Waals surface area (Å²) in [6.45, 7) is 1.35. The average Bonchev–Trinajstić information content (AvgIpc) is 2.91. The van der Waals surface area contributed by atoms with Crippen LogP contribution in [0.4, 0.5) is 8.78 Å². The Morgan fingerprint density at radius 1 is 1.10 bits per heavy atom. The van der Waals surface area contributed by atoms with Crippen LogP contribution in [-0.2, 0) is 6.54 Å². The zero-order valence-corrected chi connectivity index (χ0v) is 12.3. The summed E-state index contributed by atoms with van der Waals surface area (Å²) < 4.78 is 27.1. The first-order valence-corrected chi connectivity index (χ1v) is 8.01. The van der Waals surface area contributed by atoms with E-state index in [1.54, 1.807) is 0 Å². The van der Waals surface area contributed by atoms with Crippen molar-refractivity contribution >= 4 is 0 Å². The molecule has 0 amide bonds. The Morgan fingerprint density at radius 3 is 2.71 bits per heavy atom. The second-order valence-electron chi connectivity index (χ2n) is 6.43. The molecule has 1 N–H and O–H groups in total. The molecule has 2 fully saturated rings. The molecule has 0 spiro atoms. The van der Waals surface area contributed by atoms with Crippen LogP contribution in [0.1, 0.15) is 44.1 Å². The maximum Gasteiger partial charge on any atom is 0.127 e. The van der Waals surface area contributed by atoms with Crippen molar-refractivity contribution in [3.63, 3.8) is 0 Å². The van der Waals surface area contributed by atoms with Crippen molar-refractivity contribution < 1.29 is 13.9 Å². The Bertz CT molecular complexity index is 494. The maximum atomic E-state index is 13.8. The minimum atomic E-state index is -0.389. The number of aliphatic hydroxyl groups excluding tert-OH is 1. The van der Waals surface area contributed by atoms with Crippen LogP contribution in [0.3, 0.4) is 0 Å². The van der Waals surface area contributed by atoms with Crippen LogP contribution in [0.15, 0.2) is 18.2 Å². The van der Waals surface area contributed by atoms with Gasteiger partial charge in [-0.15, -0.1) is 0 Å². The van der Waals surface area contributed by atoms with Crippen LogP contribution < -0.4 is 0 Å². The predicted octanol–water partition coefficient (Wildman–Crippen LogP) is 3.48. The van der Waals surface area contributed by atoms with Crippen LogP contribution in [-0.4, -0.2) is 28.7 Å². The van der Waals surface area contributed by atoms with Gasteiger partial charge in [0.1, 0.15) is 11.6 Å². The quantitative estimate of drug-likeness (QED) is 0.923. The van der Waals surface area contributed by atoms with E-state index in [9.17, 15) is 13.9 Å². The van der Waals surface area contributed by atoms with Gasteiger partial charge in [0, 0.05) is 24.1 Å². The van der Waals surface area contributed by atoms with Crippen LogP contribution in [0.5, 0.6) is 0 Å². The number of hydrogen-bond donors (Lipinski definition) is 1. The molecule has 0 radical (unpaired) electrons. The average molecular weight is 295 g/mol. The SMILES string of the molecule is OC1CCCCC1C1CCCN1Cc1cc(F)ccc1F. The van der Waals surface area contributed by atoms with Gasteiger partial charge >= 0.3 is 0 Å². The van der Waals surface area contributed by atoms with Crippen molar-refractivity contribution in [1.29, 1.82) is 0 Å². The fourth-order valence-electron chi connectivity index (χ4n) is 4.01. The minimum absolute atomic E-state index is 0.235. The van der Waals surface area contributed by atoms with Crippen molar-refractivity contribution in [2.75, 3.05) is 6.54 Å². The van der Waals surface area contributed by atoms with Gasteiger partial charge in [-0.1, -0.05) is 12.8 Å². The molecule has 1 saturated carbocycles. The van der Waals surface area contributed by atoms with Gasteiger partial charge in [-0.05, 0) is 50.4 Å². The highest BCUT2D eigenvalue weighted by Crippen LogP contribution is 2.35. The lowest BCUT2D eigenvalue weighted by atomic mass is 9.80. The number of nitrogens with zero attached hydrogens (tertiary/aromatic N) is 1. The minimum Gasteiger partial charge on any atom is -0.393 e. The number of hydrogen-bond acceptors (Lipinski definition) is 2. The third-order valence-electron chi connectivity index (χ3n) is 5.07. The van der Waals surface area contributed by atoms with Crippen molar-refractivity contribution in [3.05, 3.63) is 35.4 Å². The first-order valence-electron chi connectivity index (χ1n) is 8.01. The topological polar surface area (TPSA) is 23.5 Å². The lowest BCUT2D eigenvalue weighted by Crippen LogP contribution is -2.42. The molecular weight excluding hydrogens is 272 g/mol. The normalized spacial score (nSPS) is 30.7. The third kappa shape index (κ3) is 3.27. The van der Waals surface area contributed by atoms with Gasteiger partial charge in [0.2, 0.25) is 0 Å². The second kappa shape index (κ2) is 6.41. The van der Waals surface area contributed by atoms with E-state index in [2.05, 4.69) is 4.90 Å². The molecule has 1 saturated heterocycles. The Balaban J connectivity index is 1.73. The maximum absolute atomic E-state index is 13.8. The standard InChI is InChI=1S/C17H23F2NO/c18-13-7-8-15(19)12(10-13)11-20-9-3-5-16(20)14-4-1-2-6-17(14)21/h7-8,10,14,16-17,21H,1-6,9,11H2. The van der Waals surface area contributed by atoms with Gasteiger partial charge < -0.3 is 5.11 Å². The van der Waals surface area contributed by atoms with Gasteiger partial charge in [-0.25, -0.2) is 8.78 Å². The molecule has 3 atom stereocenters. The van der Waals surface area contributed by atoms with Gasteiger partial charge in [-0.3, -0.25) is 4.90 Å². The van der Waals surface area contributed by atoms with Crippen molar-refractivity contribution in [1.82, 2.24) is 4.90 Å². The van der Waals surface area contributed by atoms with Crippen LogP contribution in [0.25, 0.3) is 0 Å². The smallest absolute Gasteiger partial charge is 0.127 e. The summed E-state index contributed by atoms with van der Waals surface area (Å²) in [6.07, 6.45) is 6.09. The highest BCUT2D eigenvalue weighted by molar-refractivity contribution is 5.19. The van der Waals surface area contributed by atoms with Gasteiger partial charge in [0.25, 0.3) is 0 Å². The highest BCUT2D eigenvalue weighted by Gasteiger charge is 2.36. The molecule has 3 rings (SSSR count). The fraction of sp³-hybridized carbons (Fsp3) is 0.647. The van der Waals surface area contributed by atoms with E-state index in [1.165, 1.54) is 18.6 Å². The van der Waals surface area contributed by atoms with E-state index in [0.717, 1.165) is 44.7 Å². The Kier molecular flexibility index (Phi) is 4.55. The highest BCUT2D eigenvalue weighted by atomic mass is 19.1. The largest absolute Gasteiger partial charge is 0.393 e. The van der Waals surface area contributed by atoms with Crippen molar-refractivity contribution in [2.45, 2.75) is 57.2 Å². The van der Waals surface area contributed by atoms with E-state index in [4.69, 9.17) is 0 Å². The third-order valence-corrected chi connectivity index (χ3v) is 5.07. The zero-order valence-electron chi connectivity index (χ0n) is 12.3. The van der Waals surface area contributed by atoms with Gasteiger partial charge in [-0.2, -0.15) is 0 Å². The molecule has 3 unspecified atom stereocenters. The van der Waals surface area contributed by atoms with Crippen LogP contribution in [0.2, 0.25) is 0 Å². The first-order chi connectivity index (χ1) is 10.1. The zero-order chi connectivity index (χ0) is 14.8. The van der Waals surface area contributed by atoms with E-state index < -0.39 is 0 Å². The summed E-state index contributed by atoms with van der Waals surface area (Å²) in [6, 6.07) is 3.96. The van der Waals surface area contributed by atoms with Crippen LogP contribution in [0, 0.1) is 17.6 Å². The summed E-state index contributed by atoms with van der Waals surface area (Å²) in [5.41, 5.74) is 0.423. The molecule has 1 aromatic carbocycles. The number of rotatable bonds is 3. The molecule has 4 heteroatoms. The first kappa shape index (κ1) is 14.9. The monoisotopic (exact) mass is 295 g/mol. The molecule has 2 nitrogen and oxygen atoms in total. The molecule has 2 aliphatic rings. The summed E-state index contributed by atoms with van der Waals surface area (Å²) in [7, 11) is 0. The van der Waals surface area contributed by atoms with Crippen LogP contribution >= 0.6 is 0 Å². The molecule has 1 aliphatic carbocycles. The molecule has 0 aromatic heterocycles. The Hall–Kier alpha value is -1.00. The van der Waals surface area contributed by atoms with Crippen molar-refractivity contribution in [2.24, 2.45) is 5.92 Å². The summed E-state index contributed by atoms with van der Waals surface area (Å²) in [5, 5.41) is 10.3. The molecule has 1 heterocycles. The molecule has 21 heavy (non-hydrogen) atoms. The fourth-order valence-corrected chi connectivity index (χ4v) is 4.01. The number of halogens is 2. The van der Waals surface area contributed by atoms with Gasteiger partial charge in [0.15, 0.2) is 0 Å². The number of likely N-dealkylation sites (tertiary alicyclic amines) is 1. The summed E-state index contributed by atoms with van der Waals surface area (Å²) in [4.78, 5) is 2.23. The lowest BCUT2D eigenvalue weighted by molar-refractivity contribution is 0.0199. The van der Waals surface area contributed by atoms with E-state index in [1.807, 2.05) is 0 Å². The Labute approximate surface area is 124 Å². The molecule has 1 aliphatic heterocycles. The van der Waals surface area contributed by atoms with E-state index >= 15 is 0 Å². The number of aliphatic hydroxyl groups is 1. The summed E-state index contributed by atoms with van der Waals surface area (Å²) in [5.74, 6) is -0.441. The predicted molar refractivity (Wildman–Crippen MR) is 77.8 cm³/mol. The number of benzene rings is 1. The molecule has 1 aromatic rings. The van der Waals surface area contributed by atoms with E-state index in [-0.39, 0.29) is 23.7 Å². The lowest BCUT2D eigenvalue weighted by Gasteiger charge is -2.37. The second-order valence-corrected chi connectivity index (χ2v) is 6.43. The van der Waals surface area contributed by atoms with Gasteiger partial charge in [0.05, 0.1) is 6.10 Å². The van der Waals surface area contributed by atoms with E-state index in [0.29, 0.717) is 18.2 Å². The summed E-state index contributed by atoms with van der Waals surface area (Å²) >= 11 is 0. The van der Waals surface area contributed by atoms with Crippen molar-refractivity contribution in [3.8, 4) is 0 Å². The molecular formula is C17H23F2NO.